The van der Waals surface area contributed by atoms with Crippen LogP contribution in [-0.4, -0.2) is 30.2 Å². The van der Waals surface area contributed by atoms with Crippen LogP contribution in [0.5, 0.6) is 0 Å². The minimum absolute atomic E-state index is 0.0699. The van der Waals surface area contributed by atoms with Gasteiger partial charge in [0.15, 0.2) is 0 Å². The number of nitro groups is 1. The number of aryl methyl sites for hydroxylation is 4. The molecule has 0 radical (unpaired) electrons. The zero-order valence-electron chi connectivity index (χ0n) is 17.6. The smallest absolute Gasteiger partial charge is 0.358 e. The van der Waals surface area contributed by atoms with E-state index in [1.807, 2.05) is 0 Å². The summed E-state index contributed by atoms with van der Waals surface area (Å²) < 4.78 is 43.8. The highest BCUT2D eigenvalue weighted by atomic mass is 19.4. The van der Waals surface area contributed by atoms with Crippen molar-refractivity contribution < 1.29 is 22.9 Å². The molecule has 0 spiro atoms. The van der Waals surface area contributed by atoms with E-state index in [2.05, 4.69) is 15.4 Å². The molecule has 0 unspecified atom stereocenters. The average Bonchev–Trinajstić information content (AvgIpc) is 3.25. The normalized spacial score (nSPS) is 11.6. The number of amides is 1. The number of imidazole rings is 1. The van der Waals surface area contributed by atoms with Gasteiger partial charge in [-0.2, -0.15) is 18.3 Å². The van der Waals surface area contributed by atoms with E-state index in [0.717, 1.165) is 6.07 Å². The third-order valence-electron chi connectivity index (χ3n) is 4.86. The predicted octanol–water partition coefficient (Wildman–Crippen LogP) is 3.63. The molecular weight excluding hydrogens is 429 g/mol. The van der Waals surface area contributed by atoms with Crippen LogP contribution >= 0.6 is 0 Å². The minimum Gasteiger partial charge on any atom is -0.358 e. The summed E-state index contributed by atoms with van der Waals surface area (Å²) in [6, 6.07) is 5.61. The molecule has 3 aromatic rings. The van der Waals surface area contributed by atoms with E-state index in [9.17, 15) is 28.1 Å². The van der Waals surface area contributed by atoms with Crippen molar-refractivity contribution in [2.75, 3.05) is 0 Å². The van der Waals surface area contributed by atoms with Gasteiger partial charge in [-0.15, -0.1) is 0 Å². The van der Waals surface area contributed by atoms with E-state index in [1.165, 1.54) is 27.6 Å². The Morgan fingerprint density at radius 1 is 1.22 bits per heavy atom. The fraction of sp³-hybridized carbons (Fsp3) is 0.350. The van der Waals surface area contributed by atoms with Gasteiger partial charge in [-0.3, -0.25) is 4.79 Å². The monoisotopic (exact) mass is 450 g/mol. The third kappa shape index (κ3) is 5.13. The first kappa shape index (κ1) is 23.0. The Balaban J connectivity index is 1.70. The van der Waals surface area contributed by atoms with Crippen molar-refractivity contribution in [2.45, 2.75) is 46.5 Å². The molecule has 170 valence electrons. The average molecular weight is 450 g/mol. The Hall–Kier alpha value is -3.70. The summed E-state index contributed by atoms with van der Waals surface area (Å²) in [6.07, 6.45) is -3.47. The highest BCUT2D eigenvalue weighted by Gasteiger charge is 2.34. The molecule has 1 aromatic carbocycles. The van der Waals surface area contributed by atoms with Crippen molar-refractivity contribution in [1.82, 2.24) is 24.6 Å². The van der Waals surface area contributed by atoms with Gasteiger partial charge in [0.1, 0.15) is 6.20 Å². The molecular formula is C20H21F3N6O3. The van der Waals surface area contributed by atoms with Gasteiger partial charge in [0.05, 0.1) is 16.9 Å². The molecule has 0 saturated carbocycles. The molecule has 0 atom stereocenters. The molecule has 1 N–H and O–H groups in total. The molecule has 0 aliphatic heterocycles. The van der Waals surface area contributed by atoms with Crippen molar-refractivity contribution in [3.63, 3.8) is 0 Å². The van der Waals surface area contributed by atoms with Crippen LogP contribution in [0.2, 0.25) is 0 Å². The van der Waals surface area contributed by atoms with Gasteiger partial charge < -0.3 is 20.0 Å². The highest BCUT2D eigenvalue weighted by molar-refractivity contribution is 5.75. The maximum Gasteiger partial charge on any atom is 0.416 e. The number of carbonyl (C=O) groups excluding carboxylic acids is 1. The largest absolute Gasteiger partial charge is 0.416 e. The van der Waals surface area contributed by atoms with Crippen LogP contribution in [0.15, 0.2) is 30.5 Å². The number of halogens is 3. The second kappa shape index (κ2) is 8.81. The van der Waals surface area contributed by atoms with Gasteiger partial charge in [-0.25, -0.2) is 4.68 Å². The standard InChI is InChI=1S/C20H21F3N6O3/c1-12-8-13(2)28(26-12)16-5-4-15(17(9-16)20(21,22)23)10-24-19(30)6-7-27-11-18(29(31)32)25-14(27)3/h4-5,8-9,11H,6-7,10H2,1-3H3,(H,24,30). The fourth-order valence-corrected chi connectivity index (χ4v) is 3.31. The minimum atomic E-state index is -4.61. The molecule has 0 saturated heterocycles. The van der Waals surface area contributed by atoms with Crippen molar-refractivity contribution in [3.05, 3.63) is 68.9 Å². The van der Waals surface area contributed by atoms with Gasteiger partial charge >= 0.3 is 12.0 Å². The number of carbonyl (C=O) groups is 1. The number of nitrogens with one attached hydrogen (secondary N) is 1. The lowest BCUT2D eigenvalue weighted by Gasteiger charge is -2.16. The highest BCUT2D eigenvalue weighted by Crippen LogP contribution is 2.33. The van der Waals surface area contributed by atoms with Crippen LogP contribution in [0.4, 0.5) is 19.0 Å². The van der Waals surface area contributed by atoms with Crippen molar-refractivity contribution in [2.24, 2.45) is 0 Å². The summed E-state index contributed by atoms with van der Waals surface area (Å²) in [7, 11) is 0. The Morgan fingerprint density at radius 2 is 1.94 bits per heavy atom. The summed E-state index contributed by atoms with van der Waals surface area (Å²) in [5, 5.41) is 17.5. The predicted molar refractivity (Wildman–Crippen MR) is 108 cm³/mol. The Labute approximate surface area is 181 Å². The van der Waals surface area contributed by atoms with Crippen molar-refractivity contribution in [1.29, 1.82) is 0 Å². The summed E-state index contributed by atoms with van der Waals surface area (Å²) >= 11 is 0. The van der Waals surface area contributed by atoms with Crippen LogP contribution in [0.25, 0.3) is 5.69 Å². The quantitative estimate of drug-likeness (QED) is 0.437. The second-order valence-corrected chi connectivity index (χ2v) is 7.30. The number of nitrogens with zero attached hydrogens (tertiary/aromatic N) is 5. The summed E-state index contributed by atoms with van der Waals surface area (Å²) in [5.41, 5.74) is 0.724. The molecule has 1 amide bonds. The maximum absolute atomic E-state index is 13.6. The van der Waals surface area contributed by atoms with Crippen molar-refractivity contribution in [3.8, 4) is 5.69 Å². The zero-order valence-corrected chi connectivity index (χ0v) is 17.6. The van der Waals surface area contributed by atoms with Gasteiger partial charge in [-0.1, -0.05) is 6.07 Å². The lowest BCUT2D eigenvalue weighted by molar-refractivity contribution is -0.389. The summed E-state index contributed by atoms with van der Waals surface area (Å²) in [4.78, 5) is 26.0. The Kier molecular flexibility index (Phi) is 6.32. The molecule has 2 heterocycles. The molecule has 0 bridgehead atoms. The van der Waals surface area contributed by atoms with E-state index >= 15 is 0 Å². The molecule has 0 aliphatic rings. The maximum atomic E-state index is 13.6. The van der Waals surface area contributed by atoms with Gasteiger partial charge in [0.2, 0.25) is 11.7 Å². The first-order valence-corrected chi connectivity index (χ1v) is 9.64. The second-order valence-electron chi connectivity index (χ2n) is 7.30. The summed E-state index contributed by atoms with van der Waals surface area (Å²) in [6.45, 7) is 4.86. The third-order valence-corrected chi connectivity index (χ3v) is 4.86. The topological polar surface area (TPSA) is 108 Å². The van der Waals surface area contributed by atoms with Crippen molar-refractivity contribution >= 4 is 11.7 Å². The lowest BCUT2D eigenvalue weighted by atomic mass is 10.1. The van der Waals surface area contributed by atoms with E-state index in [4.69, 9.17) is 0 Å². The van der Waals surface area contributed by atoms with Gasteiger partial charge in [-0.05, 0) is 47.5 Å². The number of rotatable bonds is 7. The van der Waals surface area contributed by atoms with Gasteiger partial charge in [0, 0.05) is 32.1 Å². The molecule has 32 heavy (non-hydrogen) atoms. The fourth-order valence-electron chi connectivity index (χ4n) is 3.31. The lowest BCUT2D eigenvalue weighted by Crippen LogP contribution is -2.25. The van der Waals surface area contributed by atoms with E-state index in [-0.39, 0.29) is 36.6 Å². The van der Waals surface area contributed by atoms with Crippen LogP contribution in [-0.2, 0) is 24.1 Å². The number of benzene rings is 1. The SMILES string of the molecule is Cc1cc(C)n(-c2ccc(CNC(=O)CCn3cc([N+](=O)[O-])nc3C)c(C(F)(F)F)c2)n1. The molecule has 9 nitrogen and oxygen atoms in total. The van der Waals surface area contributed by atoms with E-state index in [1.54, 1.807) is 26.8 Å². The van der Waals surface area contributed by atoms with E-state index in [0.29, 0.717) is 17.2 Å². The van der Waals surface area contributed by atoms with Gasteiger partial charge in [0.25, 0.3) is 0 Å². The number of hydrogen-bond acceptors (Lipinski definition) is 5. The number of alkyl halides is 3. The molecule has 3 rings (SSSR count). The van der Waals surface area contributed by atoms with Crippen LogP contribution in [0.3, 0.4) is 0 Å². The van der Waals surface area contributed by atoms with Crippen LogP contribution < -0.4 is 5.32 Å². The number of hydrogen-bond donors (Lipinski definition) is 1. The van der Waals surface area contributed by atoms with Crippen LogP contribution in [0.1, 0.15) is 34.8 Å². The summed E-state index contributed by atoms with van der Waals surface area (Å²) in [5.74, 6) is -0.458. The zero-order chi connectivity index (χ0) is 23.6. The first-order chi connectivity index (χ1) is 15.0. The molecule has 0 aliphatic carbocycles. The molecule has 12 heteroatoms. The molecule has 2 aromatic heterocycles. The molecule has 0 fully saturated rings. The van der Waals surface area contributed by atoms with E-state index < -0.39 is 22.6 Å². The Bertz CT molecular complexity index is 1170. The first-order valence-electron chi connectivity index (χ1n) is 9.64. The number of aromatic nitrogens is 4. The Morgan fingerprint density at radius 3 is 2.50 bits per heavy atom. The van der Waals surface area contributed by atoms with Crippen LogP contribution in [0, 0.1) is 30.9 Å².